The Morgan fingerprint density at radius 3 is 2.29 bits per heavy atom. The van der Waals surface area contributed by atoms with E-state index in [1.807, 2.05) is 0 Å². The maximum atomic E-state index is 2.32. The molecule has 1 aromatic carbocycles. The minimum absolute atomic E-state index is 0.639. The highest BCUT2D eigenvalue weighted by Crippen LogP contribution is 2.30. The first-order chi connectivity index (χ1) is 6.57. The van der Waals surface area contributed by atoms with Crippen molar-refractivity contribution in [2.45, 2.75) is 52.9 Å². The summed E-state index contributed by atoms with van der Waals surface area (Å²) in [6, 6.07) is 6.69. The van der Waals surface area contributed by atoms with Gasteiger partial charge in [0.25, 0.3) is 0 Å². The fraction of sp³-hybridized carbons (Fsp3) is 0.571. The van der Waals surface area contributed by atoms with Crippen molar-refractivity contribution in [2.75, 3.05) is 0 Å². The molecular formula is C14H22. The molecule has 0 aliphatic carbocycles. The van der Waals surface area contributed by atoms with Crippen molar-refractivity contribution >= 4 is 0 Å². The molecule has 0 nitrogen and oxygen atoms in total. The lowest BCUT2D eigenvalue weighted by molar-refractivity contribution is 0.705. The maximum absolute atomic E-state index is 2.32. The minimum atomic E-state index is 0.639. The van der Waals surface area contributed by atoms with Crippen LogP contribution in [0.2, 0.25) is 0 Å². The molecule has 0 aliphatic heterocycles. The Kier molecular flexibility index (Phi) is 3.74. The van der Waals surface area contributed by atoms with E-state index >= 15 is 0 Å². The lowest BCUT2D eigenvalue weighted by Crippen LogP contribution is -2.02. The molecule has 14 heavy (non-hydrogen) atoms. The molecule has 0 radical (unpaired) electrons. The monoisotopic (exact) mass is 190 g/mol. The third-order valence-electron chi connectivity index (χ3n) is 3.08. The van der Waals surface area contributed by atoms with Crippen molar-refractivity contribution in [1.82, 2.24) is 0 Å². The van der Waals surface area contributed by atoms with Crippen LogP contribution in [0.15, 0.2) is 18.2 Å². The molecule has 1 unspecified atom stereocenters. The van der Waals surface area contributed by atoms with Crippen LogP contribution in [0.4, 0.5) is 0 Å². The van der Waals surface area contributed by atoms with Gasteiger partial charge in [0, 0.05) is 0 Å². The predicted molar refractivity (Wildman–Crippen MR) is 64.0 cm³/mol. The summed E-state index contributed by atoms with van der Waals surface area (Å²) in [6.07, 6.45) is 1.23. The van der Waals surface area contributed by atoms with Gasteiger partial charge in [-0.15, -0.1) is 0 Å². The fourth-order valence-electron chi connectivity index (χ4n) is 2.14. The van der Waals surface area contributed by atoms with E-state index in [9.17, 15) is 0 Å². The van der Waals surface area contributed by atoms with Gasteiger partial charge in [-0.3, -0.25) is 0 Å². The summed E-state index contributed by atoms with van der Waals surface area (Å²) in [5, 5.41) is 0. The Morgan fingerprint density at radius 2 is 1.79 bits per heavy atom. The Hall–Kier alpha value is -0.780. The number of aryl methyl sites for hydroxylation is 1. The van der Waals surface area contributed by atoms with Gasteiger partial charge in [0.1, 0.15) is 0 Å². The van der Waals surface area contributed by atoms with E-state index in [0.29, 0.717) is 11.8 Å². The molecule has 0 aromatic heterocycles. The first-order valence-corrected chi connectivity index (χ1v) is 5.67. The van der Waals surface area contributed by atoms with Crippen LogP contribution in [-0.2, 0) is 0 Å². The average molecular weight is 190 g/mol. The molecule has 0 bridgehead atoms. The van der Waals surface area contributed by atoms with Gasteiger partial charge in [0.2, 0.25) is 0 Å². The lowest BCUT2D eigenvalue weighted by Gasteiger charge is -2.19. The number of rotatable bonds is 3. The molecule has 0 aliphatic rings. The van der Waals surface area contributed by atoms with Crippen LogP contribution in [0, 0.1) is 6.92 Å². The van der Waals surface area contributed by atoms with E-state index in [1.165, 1.54) is 12.0 Å². The SMILES string of the molecule is CCC(C)c1cccc(C)c1C(C)C. The molecule has 0 heteroatoms. The quantitative estimate of drug-likeness (QED) is 0.651. The van der Waals surface area contributed by atoms with Crippen LogP contribution in [0.25, 0.3) is 0 Å². The Bertz CT molecular complexity index is 297. The molecular weight excluding hydrogens is 168 g/mol. The molecule has 1 atom stereocenters. The van der Waals surface area contributed by atoms with Gasteiger partial charge in [0.05, 0.1) is 0 Å². The summed E-state index contributed by atoms with van der Waals surface area (Å²) in [6.45, 7) is 11.4. The highest BCUT2D eigenvalue weighted by Gasteiger charge is 2.12. The fourth-order valence-corrected chi connectivity index (χ4v) is 2.14. The van der Waals surface area contributed by atoms with Gasteiger partial charge >= 0.3 is 0 Å². The summed E-state index contributed by atoms with van der Waals surface area (Å²) < 4.78 is 0. The summed E-state index contributed by atoms with van der Waals surface area (Å²) in [4.78, 5) is 0. The Balaban J connectivity index is 3.21. The molecule has 0 saturated heterocycles. The van der Waals surface area contributed by atoms with Crippen LogP contribution in [0.5, 0.6) is 0 Å². The molecule has 0 N–H and O–H groups in total. The van der Waals surface area contributed by atoms with Crippen LogP contribution in [0.3, 0.4) is 0 Å². The van der Waals surface area contributed by atoms with Crippen molar-refractivity contribution in [1.29, 1.82) is 0 Å². The highest BCUT2D eigenvalue weighted by atomic mass is 14.2. The predicted octanol–water partition coefficient (Wildman–Crippen LogP) is 4.63. The van der Waals surface area contributed by atoms with E-state index < -0.39 is 0 Å². The Morgan fingerprint density at radius 1 is 1.14 bits per heavy atom. The van der Waals surface area contributed by atoms with Crippen LogP contribution < -0.4 is 0 Å². The van der Waals surface area contributed by atoms with Crippen molar-refractivity contribution < 1.29 is 0 Å². The van der Waals surface area contributed by atoms with Gasteiger partial charge < -0.3 is 0 Å². The first kappa shape index (κ1) is 11.3. The summed E-state index contributed by atoms with van der Waals surface area (Å²) in [5.41, 5.74) is 4.54. The summed E-state index contributed by atoms with van der Waals surface area (Å²) in [7, 11) is 0. The van der Waals surface area contributed by atoms with Crippen LogP contribution in [-0.4, -0.2) is 0 Å². The smallest absolute Gasteiger partial charge is 0.0190 e. The van der Waals surface area contributed by atoms with Crippen LogP contribution in [0.1, 0.15) is 62.6 Å². The van der Waals surface area contributed by atoms with E-state index in [1.54, 1.807) is 11.1 Å². The standard InChI is InChI=1S/C14H22/c1-6-11(4)13-9-7-8-12(5)14(13)10(2)3/h7-11H,6H2,1-5H3. The number of hydrogen-bond acceptors (Lipinski definition) is 0. The normalized spacial score (nSPS) is 13.3. The average Bonchev–Trinajstić information content (AvgIpc) is 2.15. The topological polar surface area (TPSA) is 0 Å². The molecule has 0 saturated carbocycles. The number of benzene rings is 1. The molecule has 0 spiro atoms. The van der Waals surface area contributed by atoms with Crippen molar-refractivity contribution in [2.24, 2.45) is 0 Å². The third kappa shape index (κ3) is 2.17. The van der Waals surface area contributed by atoms with Gasteiger partial charge in [-0.05, 0) is 41.9 Å². The van der Waals surface area contributed by atoms with E-state index in [-0.39, 0.29) is 0 Å². The summed E-state index contributed by atoms with van der Waals surface area (Å²) in [5.74, 6) is 1.33. The maximum Gasteiger partial charge on any atom is -0.0190 e. The second-order valence-corrected chi connectivity index (χ2v) is 4.54. The van der Waals surface area contributed by atoms with Crippen molar-refractivity contribution in [3.63, 3.8) is 0 Å². The van der Waals surface area contributed by atoms with E-state index in [0.717, 1.165) is 0 Å². The largest absolute Gasteiger partial charge is 0.0648 e. The molecule has 0 fully saturated rings. The highest BCUT2D eigenvalue weighted by molar-refractivity contribution is 5.38. The number of hydrogen-bond donors (Lipinski definition) is 0. The van der Waals surface area contributed by atoms with Gasteiger partial charge in [-0.1, -0.05) is 45.9 Å². The van der Waals surface area contributed by atoms with Crippen molar-refractivity contribution in [3.05, 3.63) is 34.9 Å². The zero-order chi connectivity index (χ0) is 10.7. The van der Waals surface area contributed by atoms with Crippen LogP contribution >= 0.6 is 0 Å². The molecule has 0 heterocycles. The molecule has 78 valence electrons. The molecule has 1 rings (SSSR count). The zero-order valence-electron chi connectivity index (χ0n) is 10.1. The van der Waals surface area contributed by atoms with E-state index in [2.05, 4.69) is 52.8 Å². The van der Waals surface area contributed by atoms with E-state index in [4.69, 9.17) is 0 Å². The molecule has 1 aromatic rings. The van der Waals surface area contributed by atoms with Gasteiger partial charge in [-0.2, -0.15) is 0 Å². The summed E-state index contributed by atoms with van der Waals surface area (Å²) >= 11 is 0. The molecule has 0 amide bonds. The second-order valence-electron chi connectivity index (χ2n) is 4.54. The van der Waals surface area contributed by atoms with Gasteiger partial charge in [0.15, 0.2) is 0 Å². The third-order valence-corrected chi connectivity index (χ3v) is 3.08. The lowest BCUT2D eigenvalue weighted by atomic mass is 9.86. The first-order valence-electron chi connectivity index (χ1n) is 5.67. The van der Waals surface area contributed by atoms with Crippen molar-refractivity contribution in [3.8, 4) is 0 Å². The minimum Gasteiger partial charge on any atom is -0.0648 e. The van der Waals surface area contributed by atoms with Gasteiger partial charge in [-0.25, -0.2) is 0 Å². The zero-order valence-corrected chi connectivity index (χ0v) is 10.1. The second kappa shape index (κ2) is 4.63. The Labute approximate surface area is 88.4 Å².